The Morgan fingerprint density at radius 1 is 0.581 bits per heavy atom. The lowest BCUT2D eigenvalue weighted by Gasteiger charge is -2.45. The van der Waals surface area contributed by atoms with E-state index in [2.05, 4.69) is 21.3 Å². The second-order valence-corrected chi connectivity index (χ2v) is 29.8. The van der Waals surface area contributed by atoms with Gasteiger partial charge < -0.3 is 55.6 Å². The molecule has 7 fully saturated rings. The highest BCUT2D eigenvalue weighted by Crippen LogP contribution is 2.44. The standard InChI is InChI=1S/C67H107ClF3N11O11/c1-39(2)34-51-57(85)74-55(45-22-15-16-23-45)64(92)77(8)42(6)60(88)82-33-29-50(82)63(91)79(10)52(37-43-20-13-12-14-21-43)62(90)76(7)38-53(83)73-48(28-26-44-25-27-46(47(68)36-44)67(69,70)71)61(89)81-32-19-24-49(81)58(86)75-66(30-17-18-31-66)65(93)80(11)56(40(3)4)59(87)72-41(5)35-54(84)78(51)9/h39-52,55-56H,12-38H2,1-11H3,(H,72,87)(H,73,83)(H,74,85)(H,75,86)/t41-,42+,44?,46?,47?,48+,49+,50+,51+,52+,55+,56+/m1/s1. The van der Waals surface area contributed by atoms with Crippen molar-refractivity contribution in [2.24, 2.45) is 35.5 Å². The molecule has 4 N–H and O–H groups in total. The number of carbonyl (C=O) groups is 11. The molecule has 0 radical (unpaired) electrons. The average Bonchev–Trinajstić information content (AvgIpc) is 1.77. The summed E-state index contributed by atoms with van der Waals surface area (Å²) in [6.45, 7) is 10.3. The van der Waals surface area contributed by atoms with E-state index in [-0.39, 0.29) is 114 Å². The monoisotopic (exact) mass is 1330 g/mol. The van der Waals surface area contributed by atoms with Crippen LogP contribution in [0, 0.1) is 35.5 Å². The van der Waals surface area contributed by atoms with Gasteiger partial charge in [-0.25, -0.2) is 0 Å². The molecule has 0 aromatic heterocycles. The lowest BCUT2D eigenvalue weighted by molar-refractivity contribution is -0.182. The summed E-state index contributed by atoms with van der Waals surface area (Å²) in [5.41, 5.74) is -1.47. The van der Waals surface area contributed by atoms with Gasteiger partial charge in [-0.1, -0.05) is 85.5 Å². The normalized spacial score (nSPS) is 32.1. The summed E-state index contributed by atoms with van der Waals surface area (Å²) in [6.07, 6.45) is 5.76. The molecule has 0 aromatic rings. The van der Waals surface area contributed by atoms with Gasteiger partial charge in [-0.15, -0.1) is 11.6 Å². The predicted molar refractivity (Wildman–Crippen MR) is 343 cm³/mol. The van der Waals surface area contributed by atoms with Gasteiger partial charge in [0.25, 0.3) is 0 Å². The lowest BCUT2D eigenvalue weighted by Crippen LogP contribution is -2.65. The Labute approximate surface area is 553 Å². The van der Waals surface area contributed by atoms with Crippen molar-refractivity contribution in [2.45, 2.75) is 267 Å². The number of nitrogens with zero attached hydrogens (tertiary/aromatic N) is 7. The highest BCUT2D eigenvalue weighted by Gasteiger charge is 2.52. The number of hydrogen-bond donors (Lipinski definition) is 4. The molecule has 26 heteroatoms. The van der Waals surface area contributed by atoms with E-state index in [1.165, 1.54) is 69.5 Å². The Kier molecular flexibility index (Phi) is 25.9. The first-order valence-corrected chi connectivity index (χ1v) is 35.0. The molecule has 524 valence electrons. The van der Waals surface area contributed by atoms with Crippen LogP contribution in [-0.2, 0) is 52.7 Å². The van der Waals surface area contributed by atoms with Gasteiger partial charge in [0.05, 0.1) is 12.5 Å². The molecule has 3 heterocycles. The maximum absolute atomic E-state index is 15.1. The quantitative estimate of drug-likeness (QED) is 0.198. The SMILES string of the molecule is CC(C)C[C@H]1C(=O)N[C@@H](C2CCCC2)C(=O)N(C)[C@@H](C)C(=O)N2CC[C@H]2C(=O)N(C)[C@@H](CC2CCCCC2)C(=O)N(C)CC(=O)N[C@@H](CCC2CCC(C(F)(F)F)C(Cl)C2)C(=O)N2CCC[C@H]2C(=O)NC2(CCCC2)C(=O)N(C)[C@@H](C(C)C)C(=O)N[C@H](C)CC(=O)N1C. The smallest absolute Gasteiger partial charge is 0.351 e. The van der Waals surface area contributed by atoms with Crippen LogP contribution in [0.25, 0.3) is 0 Å². The van der Waals surface area contributed by atoms with E-state index in [1.54, 1.807) is 27.7 Å². The van der Waals surface area contributed by atoms with Crippen molar-refractivity contribution in [3.63, 3.8) is 0 Å². The van der Waals surface area contributed by atoms with Crippen molar-refractivity contribution in [3.8, 4) is 0 Å². The Hall–Kier alpha value is -5.75. The van der Waals surface area contributed by atoms with Gasteiger partial charge in [-0.2, -0.15) is 13.2 Å². The zero-order valence-corrected chi connectivity index (χ0v) is 57.7. The Bertz CT molecular complexity index is 2700. The summed E-state index contributed by atoms with van der Waals surface area (Å²) in [5, 5.41) is 10.6. The van der Waals surface area contributed by atoms with Crippen molar-refractivity contribution >= 4 is 76.6 Å². The summed E-state index contributed by atoms with van der Waals surface area (Å²) in [7, 11) is 7.43. The molecular weight excluding hydrogens is 1230 g/mol. The highest BCUT2D eigenvalue weighted by atomic mass is 35.5. The van der Waals surface area contributed by atoms with Gasteiger partial charge in [0, 0.05) is 66.2 Å². The van der Waals surface area contributed by atoms with Crippen LogP contribution in [0.15, 0.2) is 0 Å². The minimum Gasteiger partial charge on any atom is -0.351 e. The Morgan fingerprint density at radius 3 is 1.81 bits per heavy atom. The number of alkyl halides is 4. The zero-order valence-electron chi connectivity index (χ0n) is 57.0. The van der Waals surface area contributed by atoms with E-state index in [9.17, 15) is 56.3 Å². The summed E-state index contributed by atoms with van der Waals surface area (Å²) in [4.78, 5) is 171. The molecule has 0 bridgehead atoms. The number of fused-ring (bicyclic) bond motifs is 2. The third-order valence-electron chi connectivity index (χ3n) is 21.7. The zero-order chi connectivity index (χ0) is 68.6. The minimum atomic E-state index is -4.49. The fourth-order valence-electron chi connectivity index (χ4n) is 15.9. The van der Waals surface area contributed by atoms with Crippen LogP contribution in [0.2, 0.25) is 0 Å². The highest BCUT2D eigenvalue weighted by molar-refractivity contribution is 6.20. The summed E-state index contributed by atoms with van der Waals surface area (Å²) < 4.78 is 41.8. The van der Waals surface area contributed by atoms with E-state index in [0.717, 1.165) is 44.9 Å². The molecule has 4 saturated carbocycles. The van der Waals surface area contributed by atoms with E-state index < -0.39 is 155 Å². The molecule has 3 unspecified atom stereocenters. The number of amides is 11. The van der Waals surface area contributed by atoms with E-state index in [1.807, 2.05) is 13.8 Å². The fourth-order valence-corrected chi connectivity index (χ4v) is 16.4. The van der Waals surface area contributed by atoms with Crippen LogP contribution >= 0.6 is 11.6 Å². The molecule has 3 aliphatic heterocycles. The van der Waals surface area contributed by atoms with Gasteiger partial charge in [-0.05, 0) is 133 Å². The number of hydrogen-bond acceptors (Lipinski definition) is 11. The summed E-state index contributed by atoms with van der Waals surface area (Å²) >= 11 is 6.38. The molecule has 11 amide bonds. The molecule has 4 aliphatic carbocycles. The van der Waals surface area contributed by atoms with Crippen LogP contribution < -0.4 is 21.3 Å². The number of rotatable bonds is 9. The molecule has 22 nitrogen and oxygen atoms in total. The minimum absolute atomic E-state index is 0.0184. The first-order valence-electron chi connectivity index (χ1n) is 34.6. The van der Waals surface area contributed by atoms with Gasteiger partial charge in [0.15, 0.2) is 0 Å². The third-order valence-corrected chi connectivity index (χ3v) is 22.2. The van der Waals surface area contributed by atoms with E-state index in [0.29, 0.717) is 32.1 Å². The van der Waals surface area contributed by atoms with Gasteiger partial charge in [-0.3, -0.25) is 52.7 Å². The van der Waals surface area contributed by atoms with Crippen LogP contribution in [0.4, 0.5) is 13.2 Å². The number of carbonyl (C=O) groups excluding carboxylic acids is 11. The van der Waals surface area contributed by atoms with Crippen LogP contribution in [0.3, 0.4) is 0 Å². The predicted octanol–water partition coefficient (Wildman–Crippen LogP) is 5.90. The number of likely N-dealkylation sites (N-methyl/N-ethyl adjacent to an activating group) is 5. The first kappa shape index (κ1) is 74.6. The van der Waals surface area contributed by atoms with Gasteiger partial charge in [0.1, 0.15) is 53.9 Å². The van der Waals surface area contributed by atoms with E-state index in [4.69, 9.17) is 11.6 Å². The van der Waals surface area contributed by atoms with Crippen molar-refractivity contribution in [1.82, 2.24) is 55.6 Å². The van der Waals surface area contributed by atoms with Crippen molar-refractivity contribution in [2.75, 3.05) is 54.9 Å². The average molecular weight is 1340 g/mol. The molecule has 0 aromatic carbocycles. The molecule has 1 spiro atoms. The first-order chi connectivity index (χ1) is 43.8. The van der Waals surface area contributed by atoms with E-state index >= 15 is 9.59 Å². The van der Waals surface area contributed by atoms with Crippen LogP contribution in [0.5, 0.6) is 0 Å². The van der Waals surface area contributed by atoms with Gasteiger partial charge in [0.2, 0.25) is 65.0 Å². The third kappa shape index (κ3) is 18.0. The summed E-state index contributed by atoms with van der Waals surface area (Å²) in [6, 6.07) is -9.53. The van der Waals surface area contributed by atoms with Crippen molar-refractivity contribution in [1.29, 1.82) is 0 Å². The number of halogens is 4. The number of nitrogens with one attached hydrogen (secondary N) is 4. The maximum atomic E-state index is 15.1. The van der Waals surface area contributed by atoms with Crippen LogP contribution in [-0.4, -0.2) is 226 Å². The maximum Gasteiger partial charge on any atom is 0.393 e. The fraction of sp³-hybridized carbons (Fsp3) is 0.836. The topological polar surface area (TPSA) is 259 Å². The Balaban J connectivity index is 1.22. The van der Waals surface area contributed by atoms with Crippen molar-refractivity contribution < 1.29 is 65.9 Å². The second-order valence-electron chi connectivity index (χ2n) is 29.3. The molecule has 12 atom stereocenters. The molecule has 7 aliphatic rings. The molecule has 93 heavy (non-hydrogen) atoms. The molecule has 7 rings (SSSR count). The lowest BCUT2D eigenvalue weighted by atomic mass is 9.78. The van der Waals surface area contributed by atoms with Crippen molar-refractivity contribution in [3.05, 3.63) is 0 Å². The molecule has 3 saturated heterocycles. The Morgan fingerprint density at radius 2 is 1.22 bits per heavy atom. The summed E-state index contributed by atoms with van der Waals surface area (Å²) in [5.74, 6) is -8.97. The van der Waals surface area contributed by atoms with Crippen LogP contribution in [0.1, 0.15) is 196 Å². The second kappa shape index (κ2) is 32.3. The molecular formula is C67H107ClF3N11O11. The van der Waals surface area contributed by atoms with Gasteiger partial charge >= 0.3 is 6.18 Å². The largest absolute Gasteiger partial charge is 0.393 e.